The van der Waals surface area contributed by atoms with Gasteiger partial charge in [-0.2, -0.15) is 4.99 Å². The zero-order chi connectivity index (χ0) is 17.1. The zero-order valence-electron chi connectivity index (χ0n) is 13.6. The van der Waals surface area contributed by atoms with Gasteiger partial charge in [0.1, 0.15) is 11.9 Å². The number of hydrogen-bond acceptors (Lipinski definition) is 5. The van der Waals surface area contributed by atoms with Crippen molar-refractivity contribution in [2.45, 2.75) is 49.0 Å². The summed E-state index contributed by atoms with van der Waals surface area (Å²) in [7, 11) is 1.61. The normalized spacial score (nSPS) is 45.7. The maximum Gasteiger partial charge on any atom is 0.280 e. The Bertz CT molecular complexity index is 730. The van der Waals surface area contributed by atoms with Gasteiger partial charge in [-0.15, -0.1) is 0 Å². The van der Waals surface area contributed by atoms with E-state index in [0.717, 1.165) is 31.6 Å². The molecule has 0 aromatic rings. The second kappa shape index (κ2) is 3.96. The number of likely N-dealkylation sites (tertiary alicyclic amines) is 1. The van der Waals surface area contributed by atoms with E-state index in [4.69, 9.17) is 5.73 Å². The Morgan fingerprint density at radius 2 is 2.25 bits per heavy atom. The topological polar surface area (TPSA) is 56.9 Å². The summed E-state index contributed by atoms with van der Waals surface area (Å²) in [5.41, 5.74) is 4.57. The Balaban J connectivity index is 1.45. The minimum atomic E-state index is -2.89. The molecule has 0 bridgehead atoms. The van der Waals surface area contributed by atoms with Crippen LogP contribution in [0.25, 0.3) is 0 Å². The van der Waals surface area contributed by atoms with Crippen molar-refractivity contribution in [2.24, 2.45) is 16.1 Å². The zero-order valence-corrected chi connectivity index (χ0v) is 14.8. The lowest BCUT2D eigenvalue weighted by atomic mass is 9.77. The van der Waals surface area contributed by atoms with E-state index >= 15 is 0 Å². The fraction of sp³-hybridized carbons (Fsp3) is 0.688. The van der Waals surface area contributed by atoms with Crippen LogP contribution in [0.2, 0.25) is 0 Å². The van der Waals surface area contributed by atoms with Crippen molar-refractivity contribution in [1.29, 1.82) is 0 Å². The molecule has 5 atom stereocenters. The summed E-state index contributed by atoms with van der Waals surface area (Å²) in [5, 5.41) is 2.85. The van der Waals surface area contributed by atoms with Crippen molar-refractivity contribution < 1.29 is 8.78 Å². The molecular formula is C16H22F2N5P. The highest BCUT2D eigenvalue weighted by molar-refractivity contribution is 7.18. The van der Waals surface area contributed by atoms with Gasteiger partial charge in [-0.05, 0) is 24.7 Å². The maximum atomic E-state index is 13.6. The molecule has 5 aliphatic rings. The number of guanidine groups is 1. The molecule has 2 saturated heterocycles. The molecule has 3 unspecified atom stereocenters. The van der Waals surface area contributed by atoms with E-state index in [9.17, 15) is 8.78 Å². The largest absolute Gasteiger partial charge is 0.346 e. The predicted molar refractivity (Wildman–Crippen MR) is 91.3 cm³/mol. The van der Waals surface area contributed by atoms with E-state index in [2.05, 4.69) is 28.7 Å². The van der Waals surface area contributed by atoms with E-state index in [-0.39, 0.29) is 23.0 Å². The van der Waals surface area contributed by atoms with Crippen molar-refractivity contribution in [3.63, 3.8) is 0 Å². The molecule has 0 aromatic heterocycles. The second-order valence-corrected chi connectivity index (χ2v) is 9.02. The molecule has 130 valence electrons. The number of alkyl halides is 2. The maximum absolute atomic E-state index is 13.6. The van der Waals surface area contributed by atoms with Crippen molar-refractivity contribution >= 4 is 15.2 Å². The molecule has 5 rings (SSSR count). The van der Waals surface area contributed by atoms with Crippen molar-refractivity contribution in [3.8, 4) is 0 Å². The number of nitrogens with one attached hydrogen (secondary N) is 1. The lowest BCUT2D eigenvalue weighted by molar-refractivity contribution is -0.000854. The van der Waals surface area contributed by atoms with Crippen LogP contribution in [0.4, 0.5) is 8.78 Å². The third-order valence-corrected chi connectivity index (χ3v) is 7.30. The van der Waals surface area contributed by atoms with Gasteiger partial charge >= 0.3 is 0 Å². The van der Waals surface area contributed by atoms with Gasteiger partial charge in [0, 0.05) is 18.3 Å². The summed E-state index contributed by atoms with van der Waals surface area (Å²) in [5.74, 6) is 1.27. The van der Waals surface area contributed by atoms with E-state index in [1.165, 1.54) is 0 Å². The molecule has 0 radical (unpaired) electrons. The predicted octanol–water partition coefficient (Wildman–Crippen LogP) is 1.41. The Kier molecular flexibility index (Phi) is 2.49. The van der Waals surface area contributed by atoms with Crippen molar-refractivity contribution in [2.75, 3.05) is 13.1 Å². The number of fused-ring (bicyclic) bond motifs is 1. The van der Waals surface area contributed by atoms with E-state index in [0.29, 0.717) is 11.7 Å². The summed E-state index contributed by atoms with van der Waals surface area (Å²) >= 11 is 0. The monoisotopic (exact) mass is 353 g/mol. The first-order valence-corrected chi connectivity index (χ1v) is 8.94. The fourth-order valence-corrected chi connectivity index (χ4v) is 5.61. The second-order valence-electron chi connectivity index (χ2n) is 8.25. The Labute approximate surface area is 142 Å². The molecule has 3 heterocycles. The summed E-state index contributed by atoms with van der Waals surface area (Å²) < 4.78 is 27.2. The first-order valence-electron chi connectivity index (χ1n) is 8.36. The number of rotatable bonds is 2. The van der Waals surface area contributed by atoms with Crippen LogP contribution in [-0.2, 0) is 0 Å². The van der Waals surface area contributed by atoms with Gasteiger partial charge in [-0.3, -0.25) is 0 Å². The molecule has 0 amide bonds. The summed E-state index contributed by atoms with van der Waals surface area (Å²) in [6.45, 7) is 7.28. The van der Waals surface area contributed by atoms with Crippen LogP contribution in [-0.4, -0.2) is 51.6 Å². The Morgan fingerprint density at radius 3 is 2.88 bits per heavy atom. The molecule has 4 fully saturated rings. The third kappa shape index (κ3) is 1.54. The van der Waals surface area contributed by atoms with Gasteiger partial charge in [-0.1, -0.05) is 22.7 Å². The first kappa shape index (κ1) is 15.1. The van der Waals surface area contributed by atoms with Gasteiger partial charge in [0.2, 0.25) is 5.96 Å². The number of aliphatic imine (C=N–C) groups is 1. The fourth-order valence-electron chi connectivity index (χ4n) is 5.42. The van der Waals surface area contributed by atoms with Gasteiger partial charge in [0.25, 0.3) is 5.66 Å². The third-order valence-electron chi connectivity index (χ3n) is 6.90. The number of nitrogens with two attached hydrogens (primary N) is 1. The summed E-state index contributed by atoms with van der Waals surface area (Å²) in [6.07, 6.45) is 5.20. The highest BCUT2D eigenvalue weighted by atomic mass is 31.0. The average Bonchev–Trinajstić information content (AvgIpc) is 2.85. The van der Waals surface area contributed by atoms with Crippen LogP contribution >= 0.6 is 9.24 Å². The molecule has 0 aromatic carbocycles. The number of hydrogen-bond donors (Lipinski definition) is 2. The number of nitrogens with zero attached hydrogens (tertiary/aromatic N) is 3. The van der Waals surface area contributed by atoms with E-state index < -0.39 is 11.7 Å². The van der Waals surface area contributed by atoms with Crippen LogP contribution in [0.1, 0.15) is 26.2 Å². The van der Waals surface area contributed by atoms with E-state index in [1.807, 2.05) is 6.08 Å². The molecule has 1 spiro atoms. The van der Waals surface area contributed by atoms with Crippen LogP contribution < -0.4 is 11.1 Å². The quantitative estimate of drug-likeness (QED) is 0.737. The highest BCUT2D eigenvalue weighted by Gasteiger charge is 2.85. The van der Waals surface area contributed by atoms with Gasteiger partial charge in [-0.25, -0.2) is 8.78 Å². The molecule has 2 aliphatic carbocycles. The van der Waals surface area contributed by atoms with Crippen LogP contribution in [0.15, 0.2) is 29.2 Å². The number of allylic oxidation sites excluding steroid dienone is 1. The van der Waals surface area contributed by atoms with Crippen molar-refractivity contribution in [1.82, 2.24) is 15.1 Å². The minimum Gasteiger partial charge on any atom is -0.346 e. The average molecular weight is 353 g/mol. The Hall–Kier alpha value is -1.20. The Morgan fingerprint density at radius 1 is 1.50 bits per heavy atom. The molecule has 3 N–H and O–H groups in total. The molecule has 5 nitrogen and oxygen atoms in total. The van der Waals surface area contributed by atoms with Crippen LogP contribution in [0.3, 0.4) is 0 Å². The van der Waals surface area contributed by atoms with Gasteiger partial charge < -0.3 is 20.9 Å². The first-order chi connectivity index (χ1) is 11.1. The van der Waals surface area contributed by atoms with E-state index in [1.54, 1.807) is 14.1 Å². The lowest BCUT2D eigenvalue weighted by Gasteiger charge is -2.57. The van der Waals surface area contributed by atoms with Crippen LogP contribution in [0, 0.1) is 5.41 Å². The molecular weight excluding hydrogens is 331 g/mol. The SMILES string of the molecule is C=C1C=C(N2C[C@@]3(N)CCC4(C)CC243)N=C2N[C@H](C(F)(F)P)CN12. The van der Waals surface area contributed by atoms with Crippen LogP contribution in [0.5, 0.6) is 0 Å². The molecule has 24 heavy (non-hydrogen) atoms. The lowest BCUT2D eigenvalue weighted by Crippen LogP contribution is -2.75. The van der Waals surface area contributed by atoms with Gasteiger partial charge in [0.05, 0.1) is 17.6 Å². The van der Waals surface area contributed by atoms with Gasteiger partial charge in [0.15, 0.2) is 0 Å². The minimum absolute atomic E-state index is 0.000888. The molecule has 8 heteroatoms. The number of halogens is 2. The highest BCUT2D eigenvalue weighted by Crippen LogP contribution is 2.77. The molecule has 3 aliphatic heterocycles. The molecule has 2 saturated carbocycles. The van der Waals surface area contributed by atoms with Crippen molar-refractivity contribution in [3.05, 3.63) is 24.2 Å². The summed E-state index contributed by atoms with van der Waals surface area (Å²) in [4.78, 5) is 8.64. The smallest absolute Gasteiger partial charge is 0.280 e. The standard InChI is InChI=1S/C16H22F2N5P/c1-9-5-11(21-12-20-10(6-22(9)12)16(17,18)24)23-8-14(19)4-3-13(2)7-15(13,14)23/h5,10H,1,3-4,6-8,19,24H2,2H3,(H,20,21)/t10-,13?,14-,15?/m0/s1. The summed E-state index contributed by atoms with van der Waals surface area (Å²) in [6, 6.07) is -0.980.